The van der Waals surface area contributed by atoms with Crippen molar-refractivity contribution in [2.45, 2.75) is 61.8 Å². The summed E-state index contributed by atoms with van der Waals surface area (Å²) >= 11 is 1.61. The number of fused-ring (bicyclic) bond motifs is 1. The maximum atomic E-state index is 11.1. The number of rotatable bonds is 25. The zero-order valence-corrected chi connectivity index (χ0v) is 34.3. The Morgan fingerprint density at radius 2 is 1.18 bits per heavy atom. The smallest absolute Gasteiger partial charge is 0.330 e. The number of nitrogens with one attached hydrogen (secondary N) is 4. The lowest BCUT2D eigenvalue weighted by Gasteiger charge is -2.14. The van der Waals surface area contributed by atoms with E-state index >= 15 is 0 Å². The Hall–Kier alpha value is -6.54. The van der Waals surface area contributed by atoms with Crippen LogP contribution >= 0.6 is 11.8 Å². The fourth-order valence-corrected chi connectivity index (χ4v) is 6.68. The third-order valence-electron chi connectivity index (χ3n) is 8.90. The highest BCUT2D eigenvalue weighted by molar-refractivity contribution is 8.00. The molecule has 1 aliphatic heterocycles. The number of carbonyl (C=O) groups excluding carboxylic acids is 2. The molecule has 0 amide bonds. The minimum atomic E-state index is -0.402. The van der Waals surface area contributed by atoms with E-state index in [2.05, 4.69) is 29.0 Å². The monoisotopic (exact) mass is 833 g/mol. The summed E-state index contributed by atoms with van der Waals surface area (Å²) in [4.78, 5) is 23.4. The van der Waals surface area contributed by atoms with Crippen molar-refractivity contribution < 1.29 is 38.0 Å². The molecule has 314 valence electrons. The number of benzene rings is 4. The quantitative estimate of drug-likeness (QED) is 0.0125. The molecule has 5 rings (SSSR count). The van der Waals surface area contributed by atoms with E-state index in [9.17, 15) is 9.59 Å². The summed E-state index contributed by atoms with van der Waals surface area (Å²) in [6, 6.07) is 27.4. The van der Waals surface area contributed by atoms with Crippen LogP contribution < -0.4 is 29.7 Å². The molecule has 0 saturated heterocycles. The van der Waals surface area contributed by atoms with Gasteiger partial charge in [-0.05, 0) is 130 Å². The van der Waals surface area contributed by atoms with Gasteiger partial charge in [0.15, 0.2) is 5.50 Å². The van der Waals surface area contributed by atoms with Gasteiger partial charge in [-0.15, -0.1) is 0 Å². The third-order valence-corrected chi connectivity index (χ3v) is 9.97. The van der Waals surface area contributed by atoms with Crippen molar-refractivity contribution in [1.82, 2.24) is 5.43 Å². The number of carbonyl (C=O) groups is 2. The van der Waals surface area contributed by atoms with E-state index < -0.39 is 11.9 Å². The van der Waals surface area contributed by atoms with Crippen molar-refractivity contribution in [2.24, 2.45) is 5.10 Å². The van der Waals surface area contributed by atoms with Crippen molar-refractivity contribution in [3.05, 3.63) is 133 Å². The maximum absolute atomic E-state index is 11.1. The first-order valence-electron chi connectivity index (χ1n) is 19.8. The first-order chi connectivity index (χ1) is 29.3. The Balaban J connectivity index is 1.14. The van der Waals surface area contributed by atoms with Gasteiger partial charge in [0, 0.05) is 33.7 Å². The summed E-state index contributed by atoms with van der Waals surface area (Å²) in [5.74, 6) is 1.21. The lowest BCUT2D eigenvalue weighted by atomic mass is 10.2. The van der Waals surface area contributed by atoms with Gasteiger partial charge in [-0.3, -0.25) is 16.2 Å². The number of thioether (sulfide) groups is 1. The summed E-state index contributed by atoms with van der Waals surface area (Å²) < 4.78 is 33.8. The largest absolute Gasteiger partial charge is 0.494 e. The van der Waals surface area contributed by atoms with E-state index in [-0.39, 0.29) is 17.3 Å². The summed E-state index contributed by atoms with van der Waals surface area (Å²) in [5, 5.41) is 25.3. The minimum Gasteiger partial charge on any atom is -0.494 e. The van der Waals surface area contributed by atoms with Gasteiger partial charge in [-0.25, -0.2) is 9.59 Å². The van der Waals surface area contributed by atoms with Gasteiger partial charge in [0.05, 0.1) is 38.3 Å². The summed E-state index contributed by atoms with van der Waals surface area (Å²) in [6.07, 6.45) is 11.0. The van der Waals surface area contributed by atoms with Gasteiger partial charge in [-0.2, -0.15) is 5.10 Å². The number of nitrogens with zero attached hydrogens (tertiary/aromatic N) is 1. The molecule has 1 heterocycles. The van der Waals surface area contributed by atoms with E-state index in [1.54, 1.807) is 84.7 Å². The molecule has 0 aliphatic carbocycles. The van der Waals surface area contributed by atoms with Crippen LogP contribution in [0.25, 0.3) is 0 Å². The second kappa shape index (κ2) is 24.4. The Morgan fingerprint density at radius 1 is 0.667 bits per heavy atom. The van der Waals surface area contributed by atoms with Gasteiger partial charge < -0.3 is 33.7 Å². The number of anilines is 1. The molecular weight excluding hydrogens is 783 g/mol. The molecular formula is C46H51N5O8S. The van der Waals surface area contributed by atoms with E-state index in [1.807, 2.05) is 24.3 Å². The number of hydrogen-bond acceptors (Lipinski definition) is 14. The van der Waals surface area contributed by atoms with Crippen molar-refractivity contribution in [2.75, 3.05) is 31.7 Å². The number of unbranched alkanes of at least 4 members (excludes halogenated alkanes) is 6. The van der Waals surface area contributed by atoms with Crippen molar-refractivity contribution in [3.63, 3.8) is 0 Å². The summed E-state index contributed by atoms with van der Waals surface area (Å²) in [7, 11) is 0. The van der Waals surface area contributed by atoms with Crippen LogP contribution in [0.4, 0.5) is 5.69 Å². The highest BCUT2D eigenvalue weighted by Gasteiger charge is 2.20. The van der Waals surface area contributed by atoms with Crippen LogP contribution in [0.2, 0.25) is 0 Å². The van der Waals surface area contributed by atoms with E-state index in [4.69, 9.17) is 39.2 Å². The van der Waals surface area contributed by atoms with Gasteiger partial charge in [0.1, 0.15) is 23.0 Å². The van der Waals surface area contributed by atoms with Crippen LogP contribution in [-0.2, 0) is 19.1 Å². The maximum Gasteiger partial charge on any atom is 0.330 e. The topological polar surface area (TPSA) is 174 Å². The number of hydrazone groups is 1. The van der Waals surface area contributed by atoms with Gasteiger partial charge in [0.2, 0.25) is 11.8 Å². The molecule has 0 spiro atoms. The van der Waals surface area contributed by atoms with Crippen molar-refractivity contribution >= 4 is 47.4 Å². The van der Waals surface area contributed by atoms with Crippen LogP contribution in [0.1, 0.15) is 68.1 Å². The van der Waals surface area contributed by atoms with E-state index in [0.29, 0.717) is 66.1 Å². The zero-order valence-electron chi connectivity index (χ0n) is 33.5. The van der Waals surface area contributed by atoms with Crippen molar-refractivity contribution in [3.8, 4) is 23.0 Å². The first-order valence-corrected chi connectivity index (χ1v) is 20.7. The molecule has 0 saturated carbocycles. The number of para-hydroxylation sites is 1. The van der Waals surface area contributed by atoms with Crippen LogP contribution in [-0.4, -0.2) is 61.9 Å². The van der Waals surface area contributed by atoms with Crippen LogP contribution in [0.3, 0.4) is 0 Å². The Morgan fingerprint density at radius 3 is 1.73 bits per heavy atom. The Bertz CT molecular complexity index is 2070. The summed E-state index contributed by atoms with van der Waals surface area (Å²) in [6.45, 7) is 8.65. The number of ether oxygens (including phenoxy) is 6. The highest BCUT2D eigenvalue weighted by Crippen LogP contribution is 2.36. The van der Waals surface area contributed by atoms with Gasteiger partial charge in [-0.1, -0.05) is 37.1 Å². The SMILES string of the molecule is C=CC(=O)OCCCCCCOc1ccc(C(=N)Oc2ccc(OC(=N)c3ccc(OCCCCCCOC(=O)C=C)cc3)c(/C=N/NC3Nc4ccccc4S3)c2)cc1. The number of hydrogen-bond donors (Lipinski definition) is 4. The molecule has 0 aromatic heterocycles. The van der Waals surface area contributed by atoms with Crippen LogP contribution in [0.5, 0.6) is 23.0 Å². The molecule has 0 radical (unpaired) electrons. The zero-order chi connectivity index (χ0) is 42.4. The molecule has 1 atom stereocenters. The fraction of sp³-hybridized carbons (Fsp3) is 0.283. The molecule has 14 heteroatoms. The predicted octanol–water partition coefficient (Wildman–Crippen LogP) is 9.26. The average Bonchev–Trinajstić information content (AvgIpc) is 3.69. The molecule has 4 aromatic rings. The molecule has 0 fully saturated rings. The molecule has 4 N–H and O–H groups in total. The second-order valence-corrected chi connectivity index (χ2v) is 14.6. The van der Waals surface area contributed by atoms with Gasteiger partial charge in [0.25, 0.3) is 0 Å². The van der Waals surface area contributed by atoms with E-state index in [0.717, 1.165) is 74.1 Å². The second-order valence-electron chi connectivity index (χ2n) is 13.4. The minimum absolute atomic E-state index is 0.0562. The Kier molecular flexibility index (Phi) is 18.1. The summed E-state index contributed by atoms with van der Waals surface area (Å²) in [5.41, 5.74) is 5.61. The van der Waals surface area contributed by atoms with Crippen LogP contribution in [0, 0.1) is 10.8 Å². The van der Waals surface area contributed by atoms with Crippen molar-refractivity contribution in [1.29, 1.82) is 10.8 Å². The highest BCUT2D eigenvalue weighted by atomic mass is 32.2. The molecule has 4 aromatic carbocycles. The van der Waals surface area contributed by atoms with Crippen LogP contribution in [0.15, 0.2) is 126 Å². The van der Waals surface area contributed by atoms with Gasteiger partial charge >= 0.3 is 11.9 Å². The molecule has 13 nitrogen and oxygen atoms in total. The number of esters is 2. The van der Waals surface area contributed by atoms with E-state index in [1.165, 1.54) is 0 Å². The normalized spacial score (nSPS) is 12.7. The molecule has 60 heavy (non-hydrogen) atoms. The molecule has 0 bridgehead atoms. The Labute approximate surface area is 355 Å². The molecule has 1 aliphatic rings. The third kappa shape index (κ3) is 15.0. The lowest BCUT2D eigenvalue weighted by Crippen LogP contribution is -2.25. The first kappa shape index (κ1) is 44.6. The average molecular weight is 834 g/mol. The predicted molar refractivity (Wildman–Crippen MR) is 235 cm³/mol. The standard InChI is InChI=1S/C46H51N5O8S/c1-3-42(52)56-29-13-7-5-11-27-54-36-21-17-33(18-22-36)44(47)58-38-25-26-40(35(31-38)32-49-51-46-50-39-15-9-10-16-41(39)60-46)59-45(48)34-19-23-37(24-20-34)55-28-12-6-8-14-30-57-43(53)4-2/h3-4,9-10,15-26,31-32,46-48,50-51H,1-2,5-8,11-14,27-30H2/b47-44?,48-45?,49-32+. The molecule has 1 unspecified atom stereocenters. The fourth-order valence-electron chi connectivity index (χ4n) is 5.71. The lowest BCUT2D eigenvalue weighted by molar-refractivity contribution is -0.138.